The number of amides is 3. The van der Waals surface area contributed by atoms with Crippen molar-refractivity contribution < 1.29 is 28.7 Å². The molecular weight excluding hydrogens is 426 g/mol. The van der Waals surface area contributed by atoms with Crippen LogP contribution in [-0.2, 0) is 23.9 Å². The molecule has 0 spiro atoms. The van der Waals surface area contributed by atoms with Crippen LogP contribution >= 0.6 is 0 Å². The highest BCUT2D eigenvalue weighted by Crippen LogP contribution is 2.23. The molecule has 0 saturated carbocycles. The van der Waals surface area contributed by atoms with Gasteiger partial charge in [0.05, 0.1) is 7.11 Å². The van der Waals surface area contributed by atoms with Crippen molar-refractivity contribution in [2.45, 2.75) is 58.7 Å². The summed E-state index contributed by atoms with van der Waals surface area (Å²) in [5.74, 6) is 0.821. The smallest absolute Gasteiger partial charge is 0.408 e. The second-order valence-electron chi connectivity index (χ2n) is 8.36. The van der Waals surface area contributed by atoms with Gasteiger partial charge in [0.1, 0.15) is 24.2 Å². The molecule has 2 atom stereocenters. The average molecular weight is 460 g/mol. The van der Waals surface area contributed by atoms with Gasteiger partial charge in [-0.3, -0.25) is 14.4 Å². The van der Waals surface area contributed by atoms with Crippen molar-refractivity contribution in [2.75, 3.05) is 20.2 Å². The highest BCUT2D eigenvalue weighted by atomic mass is 16.6. The highest BCUT2D eigenvalue weighted by molar-refractivity contribution is 5.93. The van der Waals surface area contributed by atoms with Crippen molar-refractivity contribution in [1.82, 2.24) is 15.5 Å². The highest BCUT2D eigenvalue weighted by Gasteiger charge is 2.34. The van der Waals surface area contributed by atoms with Crippen LogP contribution in [0.1, 0.15) is 58.2 Å². The van der Waals surface area contributed by atoms with Crippen LogP contribution in [0.2, 0.25) is 0 Å². The van der Waals surface area contributed by atoms with E-state index in [0.29, 0.717) is 17.5 Å². The average Bonchev–Trinajstić information content (AvgIpc) is 2.75. The minimum atomic E-state index is -1.06. The fourth-order valence-electron chi connectivity index (χ4n) is 2.96. The summed E-state index contributed by atoms with van der Waals surface area (Å²) in [7, 11) is 1.21. The van der Waals surface area contributed by atoms with E-state index in [9.17, 15) is 19.2 Å². The Hall–Kier alpha value is -3.54. The third kappa shape index (κ3) is 8.85. The summed E-state index contributed by atoms with van der Waals surface area (Å²) < 4.78 is 9.80. The van der Waals surface area contributed by atoms with Crippen molar-refractivity contribution in [3.63, 3.8) is 0 Å². The molecule has 0 heterocycles. The Bertz CT molecular complexity index is 883. The Morgan fingerprint density at radius 3 is 2.24 bits per heavy atom. The number of methoxy groups -OCH3 is 1. The Kier molecular flexibility index (Phi) is 10.4. The maximum absolute atomic E-state index is 13.3. The predicted molar refractivity (Wildman–Crippen MR) is 123 cm³/mol. The van der Waals surface area contributed by atoms with Gasteiger partial charge in [-0.1, -0.05) is 25.0 Å². The summed E-state index contributed by atoms with van der Waals surface area (Å²) in [5, 5.41) is 5.02. The first kappa shape index (κ1) is 27.5. The van der Waals surface area contributed by atoms with E-state index in [-0.39, 0.29) is 13.1 Å². The van der Waals surface area contributed by atoms with Gasteiger partial charge in [0.2, 0.25) is 11.8 Å². The molecule has 0 radical (unpaired) electrons. The minimum absolute atomic E-state index is 0.229. The van der Waals surface area contributed by atoms with Crippen LogP contribution in [0, 0.1) is 12.3 Å². The van der Waals surface area contributed by atoms with Crippen LogP contribution in [0.5, 0.6) is 0 Å². The molecule has 2 N–H and O–H groups in total. The van der Waals surface area contributed by atoms with Crippen LogP contribution in [0.15, 0.2) is 24.3 Å². The lowest BCUT2D eigenvalue weighted by Crippen LogP contribution is -2.52. The SMILES string of the molecule is C#Cc1ccc(C(C(=O)NCC(=O)OC)N(CCC)C(=O)C(C)NC(=O)OC(C)(C)C)cc1. The summed E-state index contributed by atoms with van der Waals surface area (Å²) in [4.78, 5) is 51.5. The van der Waals surface area contributed by atoms with Crippen molar-refractivity contribution in [3.8, 4) is 12.3 Å². The zero-order valence-corrected chi connectivity index (χ0v) is 20.1. The third-order valence-corrected chi connectivity index (χ3v) is 4.44. The van der Waals surface area contributed by atoms with E-state index in [2.05, 4.69) is 21.3 Å². The van der Waals surface area contributed by atoms with Crippen LogP contribution < -0.4 is 10.6 Å². The van der Waals surface area contributed by atoms with Crippen LogP contribution in [0.3, 0.4) is 0 Å². The monoisotopic (exact) mass is 459 g/mol. The topological polar surface area (TPSA) is 114 Å². The molecule has 0 aliphatic heterocycles. The lowest BCUT2D eigenvalue weighted by Gasteiger charge is -2.33. The molecule has 180 valence electrons. The number of carbonyl (C=O) groups excluding carboxylic acids is 4. The summed E-state index contributed by atoms with van der Waals surface area (Å²) in [6.07, 6.45) is 5.22. The molecule has 1 aromatic carbocycles. The quantitative estimate of drug-likeness (QED) is 0.432. The number of ether oxygens (including phenoxy) is 2. The normalized spacial score (nSPS) is 12.5. The Morgan fingerprint density at radius 1 is 1.15 bits per heavy atom. The third-order valence-electron chi connectivity index (χ3n) is 4.44. The largest absolute Gasteiger partial charge is 0.468 e. The number of nitrogens with one attached hydrogen (secondary N) is 2. The van der Waals surface area contributed by atoms with E-state index >= 15 is 0 Å². The molecule has 2 unspecified atom stereocenters. The van der Waals surface area contributed by atoms with Gasteiger partial charge in [0, 0.05) is 12.1 Å². The molecule has 3 amide bonds. The van der Waals surface area contributed by atoms with Crippen LogP contribution in [0.25, 0.3) is 0 Å². The second-order valence-corrected chi connectivity index (χ2v) is 8.36. The molecule has 1 aromatic rings. The second kappa shape index (κ2) is 12.5. The van der Waals surface area contributed by atoms with Gasteiger partial charge in [-0.2, -0.15) is 0 Å². The fraction of sp³-hybridized carbons (Fsp3) is 0.500. The number of rotatable bonds is 9. The van der Waals surface area contributed by atoms with Crippen molar-refractivity contribution in [2.24, 2.45) is 0 Å². The first-order chi connectivity index (χ1) is 15.4. The molecule has 0 saturated heterocycles. The van der Waals surface area contributed by atoms with Gasteiger partial charge in [-0.25, -0.2) is 4.79 Å². The molecule has 0 aliphatic rings. The van der Waals surface area contributed by atoms with Gasteiger partial charge in [0.15, 0.2) is 0 Å². The van der Waals surface area contributed by atoms with E-state index in [1.54, 1.807) is 45.0 Å². The fourth-order valence-corrected chi connectivity index (χ4v) is 2.96. The molecule has 0 aromatic heterocycles. The van der Waals surface area contributed by atoms with E-state index < -0.39 is 41.6 Å². The first-order valence-corrected chi connectivity index (χ1v) is 10.6. The first-order valence-electron chi connectivity index (χ1n) is 10.6. The summed E-state index contributed by atoms with van der Waals surface area (Å²) in [6, 6.07) is 4.60. The van der Waals surface area contributed by atoms with E-state index in [1.807, 2.05) is 6.92 Å². The number of alkyl carbamates (subject to hydrolysis) is 1. The lowest BCUT2D eigenvalue weighted by atomic mass is 10.0. The number of terminal acetylenes is 1. The van der Waals surface area contributed by atoms with Crippen LogP contribution in [-0.4, -0.2) is 60.6 Å². The summed E-state index contributed by atoms with van der Waals surface area (Å²) in [5.41, 5.74) is 0.383. The Morgan fingerprint density at radius 2 is 1.76 bits per heavy atom. The molecule has 9 nitrogen and oxygen atoms in total. The maximum Gasteiger partial charge on any atom is 0.408 e. The van der Waals surface area contributed by atoms with Gasteiger partial charge < -0.3 is 25.0 Å². The standard InChI is InChI=1S/C24H33N3O6/c1-8-14-27(22(30)16(3)26-23(31)33-24(4,5)6)20(21(29)25-15-19(28)32-7)18-12-10-17(9-2)11-13-18/h2,10-13,16,20H,8,14-15H2,1,3-7H3,(H,25,29)(H,26,31). The van der Waals surface area contributed by atoms with Crippen molar-refractivity contribution in [1.29, 1.82) is 0 Å². The number of carbonyl (C=O) groups is 4. The number of nitrogens with zero attached hydrogens (tertiary/aromatic N) is 1. The molecule has 0 fully saturated rings. The zero-order valence-electron chi connectivity index (χ0n) is 20.1. The molecule has 0 bridgehead atoms. The summed E-state index contributed by atoms with van der Waals surface area (Å²) in [6.45, 7) is 8.38. The molecular formula is C24H33N3O6. The number of hydrogen-bond acceptors (Lipinski definition) is 6. The molecule has 1 rings (SSSR count). The molecule has 9 heteroatoms. The van der Waals surface area contributed by atoms with Gasteiger partial charge >= 0.3 is 12.1 Å². The van der Waals surface area contributed by atoms with E-state index in [0.717, 1.165) is 0 Å². The van der Waals surface area contributed by atoms with Crippen molar-refractivity contribution >= 4 is 23.9 Å². The van der Waals surface area contributed by atoms with Crippen molar-refractivity contribution in [3.05, 3.63) is 35.4 Å². The minimum Gasteiger partial charge on any atom is -0.468 e. The lowest BCUT2D eigenvalue weighted by molar-refractivity contribution is -0.144. The Labute approximate surface area is 195 Å². The maximum atomic E-state index is 13.3. The molecule has 0 aliphatic carbocycles. The zero-order chi connectivity index (χ0) is 25.2. The van der Waals surface area contributed by atoms with E-state index in [4.69, 9.17) is 11.2 Å². The number of hydrogen-bond donors (Lipinski definition) is 2. The molecule has 33 heavy (non-hydrogen) atoms. The predicted octanol–water partition coefficient (Wildman–Crippen LogP) is 2.15. The van der Waals surface area contributed by atoms with Gasteiger partial charge in [0.25, 0.3) is 0 Å². The van der Waals surface area contributed by atoms with Crippen LogP contribution in [0.4, 0.5) is 4.79 Å². The Balaban J connectivity index is 3.25. The van der Waals surface area contributed by atoms with E-state index in [1.165, 1.54) is 18.9 Å². The van der Waals surface area contributed by atoms with Gasteiger partial charge in [-0.05, 0) is 51.8 Å². The number of benzene rings is 1. The summed E-state index contributed by atoms with van der Waals surface area (Å²) >= 11 is 0. The van der Waals surface area contributed by atoms with Gasteiger partial charge in [-0.15, -0.1) is 6.42 Å². The number of esters is 1.